The summed E-state index contributed by atoms with van der Waals surface area (Å²) in [6, 6.07) is 6.52. The van der Waals surface area contributed by atoms with Gasteiger partial charge >= 0.3 is 5.97 Å². The van der Waals surface area contributed by atoms with Gasteiger partial charge in [0.05, 0.1) is 11.3 Å². The highest BCUT2D eigenvalue weighted by Crippen LogP contribution is 2.27. The lowest BCUT2D eigenvalue weighted by Crippen LogP contribution is -2.39. The van der Waals surface area contributed by atoms with Gasteiger partial charge in [-0.15, -0.1) is 0 Å². The van der Waals surface area contributed by atoms with Crippen LogP contribution in [0.2, 0.25) is 0 Å². The van der Waals surface area contributed by atoms with Crippen LogP contribution in [-0.2, 0) is 11.3 Å². The average Bonchev–Trinajstić information content (AvgIpc) is 2.98. The Hall–Kier alpha value is -2.70. The topological polar surface area (TPSA) is 92.5 Å². The molecular formula is C19H23N3O4. The summed E-state index contributed by atoms with van der Waals surface area (Å²) in [5.41, 5.74) is -0.0116. The van der Waals surface area contributed by atoms with Crippen molar-refractivity contribution >= 4 is 22.6 Å². The maximum Gasteiger partial charge on any atom is 0.308 e. The third-order valence-corrected chi connectivity index (χ3v) is 4.94. The van der Waals surface area contributed by atoms with E-state index < -0.39 is 17.9 Å². The molecule has 0 aliphatic carbocycles. The number of hydrogen-bond donors (Lipinski definition) is 1. The normalized spacial score (nSPS) is 20.1. The number of aromatic nitrogens is 2. The van der Waals surface area contributed by atoms with Gasteiger partial charge in [-0.25, -0.2) is 4.68 Å². The molecule has 1 fully saturated rings. The number of likely N-dealkylation sites (tertiary alicyclic amines) is 1. The molecular weight excluding hydrogens is 334 g/mol. The molecule has 1 amide bonds. The molecule has 1 aliphatic heterocycles. The molecule has 0 saturated carbocycles. The number of fused-ring (bicyclic) bond motifs is 1. The fourth-order valence-corrected chi connectivity index (χ4v) is 3.56. The molecule has 2 unspecified atom stereocenters. The SMILES string of the molecule is CC(C)Cn1nc(C(=O)N2CCC(C(=O)O)C2C)c2ccccc2c1=O. The first-order valence-corrected chi connectivity index (χ1v) is 8.85. The van der Waals surface area contributed by atoms with Crippen LogP contribution in [-0.4, -0.2) is 44.3 Å². The second-order valence-electron chi connectivity index (χ2n) is 7.25. The van der Waals surface area contributed by atoms with Crippen molar-refractivity contribution in [2.45, 2.75) is 39.8 Å². The van der Waals surface area contributed by atoms with E-state index >= 15 is 0 Å². The van der Waals surface area contributed by atoms with Crippen LogP contribution in [0.4, 0.5) is 0 Å². The van der Waals surface area contributed by atoms with Crippen LogP contribution in [0.5, 0.6) is 0 Å². The van der Waals surface area contributed by atoms with Crippen molar-refractivity contribution in [2.75, 3.05) is 6.54 Å². The Morgan fingerprint density at radius 3 is 2.50 bits per heavy atom. The van der Waals surface area contributed by atoms with Crippen molar-refractivity contribution in [3.05, 3.63) is 40.3 Å². The summed E-state index contributed by atoms with van der Waals surface area (Å²) in [4.78, 5) is 38.7. The molecule has 2 atom stereocenters. The number of hydrogen-bond acceptors (Lipinski definition) is 4. The fraction of sp³-hybridized carbons (Fsp3) is 0.474. The standard InChI is InChI=1S/C19H23N3O4/c1-11(2)10-22-17(23)15-7-5-4-6-14(15)16(20-22)18(24)21-9-8-13(12(21)3)19(25)26/h4-7,11-13H,8-10H2,1-3H3,(H,25,26). The zero-order chi connectivity index (χ0) is 19.0. The predicted octanol–water partition coefficient (Wildman–Crippen LogP) is 1.99. The van der Waals surface area contributed by atoms with Gasteiger partial charge in [-0.1, -0.05) is 32.0 Å². The fourth-order valence-electron chi connectivity index (χ4n) is 3.56. The predicted molar refractivity (Wildman–Crippen MR) is 97.1 cm³/mol. The number of benzene rings is 1. The summed E-state index contributed by atoms with van der Waals surface area (Å²) >= 11 is 0. The lowest BCUT2D eigenvalue weighted by Gasteiger charge is -2.24. The average molecular weight is 357 g/mol. The molecule has 0 spiro atoms. The van der Waals surface area contributed by atoms with E-state index in [2.05, 4.69) is 5.10 Å². The zero-order valence-corrected chi connectivity index (χ0v) is 15.2. The van der Waals surface area contributed by atoms with E-state index in [1.54, 1.807) is 36.1 Å². The minimum Gasteiger partial charge on any atom is -0.481 e. The summed E-state index contributed by atoms with van der Waals surface area (Å²) in [6.45, 7) is 6.49. The van der Waals surface area contributed by atoms with Gasteiger partial charge in [-0.05, 0) is 25.3 Å². The van der Waals surface area contributed by atoms with E-state index in [0.717, 1.165) is 0 Å². The van der Waals surface area contributed by atoms with Crippen LogP contribution in [0.1, 0.15) is 37.7 Å². The maximum absolute atomic E-state index is 13.1. The van der Waals surface area contributed by atoms with Gasteiger partial charge in [0.2, 0.25) is 0 Å². The van der Waals surface area contributed by atoms with Crippen LogP contribution in [0.3, 0.4) is 0 Å². The largest absolute Gasteiger partial charge is 0.481 e. The molecule has 26 heavy (non-hydrogen) atoms. The summed E-state index contributed by atoms with van der Waals surface area (Å²) in [6.07, 6.45) is 0.422. The van der Waals surface area contributed by atoms with Gasteiger partial charge < -0.3 is 10.0 Å². The van der Waals surface area contributed by atoms with Crippen LogP contribution < -0.4 is 5.56 Å². The Morgan fingerprint density at radius 1 is 1.27 bits per heavy atom. The first-order valence-electron chi connectivity index (χ1n) is 8.85. The lowest BCUT2D eigenvalue weighted by atomic mass is 10.0. The second kappa shape index (κ2) is 6.90. The van der Waals surface area contributed by atoms with Crippen molar-refractivity contribution < 1.29 is 14.7 Å². The van der Waals surface area contributed by atoms with E-state index in [1.165, 1.54) is 4.68 Å². The summed E-state index contributed by atoms with van der Waals surface area (Å²) in [5.74, 6) is -1.59. The quantitative estimate of drug-likeness (QED) is 0.903. The third kappa shape index (κ3) is 3.09. The van der Waals surface area contributed by atoms with Crippen molar-refractivity contribution in [1.29, 1.82) is 0 Å². The maximum atomic E-state index is 13.1. The Kier molecular flexibility index (Phi) is 4.80. The molecule has 138 valence electrons. The first-order chi connectivity index (χ1) is 12.3. The van der Waals surface area contributed by atoms with Crippen LogP contribution in [0, 0.1) is 11.8 Å². The number of nitrogens with zero attached hydrogens (tertiary/aromatic N) is 3. The number of carbonyl (C=O) groups is 2. The van der Waals surface area contributed by atoms with Crippen LogP contribution >= 0.6 is 0 Å². The second-order valence-corrected chi connectivity index (χ2v) is 7.25. The molecule has 1 aromatic carbocycles. The van der Waals surface area contributed by atoms with E-state index in [4.69, 9.17) is 0 Å². The van der Waals surface area contributed by atoms with Crippen LogP contribution in [0.25, 0.3) is 10.8 Å². The van der Waals surface area contributed by atoms with Gasteiger partial charge in [0.15, 0.2) is 5.69 Å². The molecule has 7 heteroatoms. The molecule has 1 aromatic heterocycles. The molecule has 2 aromatic rings. The van der Waals surface area contributed by atoms with E-state index in [-0.39, 0.29) is 23.1 Å². The molecule has 1 aliphatic rings. The first kappa shape index (κ1) is 18.1. The highest BCUT2D eigenvalue weighted by molar-refractivity contribution is 6.05. The Bertz CT molecular complexity index is 919. The number of carboxylic acids is 1. The smallest absolute Gasteiger partial charge is 0.308 e. The van der Waals surface area contributed by atoms with Crippen molar-refractivity contribution in [2.24, 2.45) is 11.8 Å². The lowest BCUT2D eigenvalue weighted by molar-refractivity contribution is -0.142. The molecule has 1 saturated heterocycles. The highest BCUT2D eigenvalue weighted by Gasteiger charge is 2.39. The third-order valence-electron chi connectivity index (χ3n) is 4.94. The van der Waals surface area contributed by atoms with Gasteiger partial charge in [0, 0.05) is 24.5 Å². The van der Waals surface area contributed by atoms with Crippen molar-refractivity contribution in [3.8, 4) is 0 Å². The van der Waals surface area contributed by atoms with E-state index in [0.29, 0.717) is 30.3 Å². The Morgan fingerprint density at radius 2 is 1.92 bits per heavy atom. The number of carbonyl (C=O) groups excluding carboxylic acids is 1. The van der Waals surface area contributed by atoms with Gasteiger partial charge in [0.25, 0.3) is 11.5 Å². The molecule has 7 nitrogen and oxygen atoms in total. The monoisotopic (exact) mass is 357 g/mol. The Balaban J connectivity index is 2.09. The highest BCUT2D eigenvalue weighted by atomic mass is 16.4. The minimum absolute atomic E-state index is 0.200. The molecule has 0 bridgehead atoms. The zero-order valence-electron chi connectivity index (χ0n) is 15.2. The van der Waals surface area contributed by atoms with Crippen LogP contribution in [0.15, 0.2) is 29.1 Å². The number of carboxylic acid groups (broad SMARTS) is 1. The molecule has 2 heterocycles. The van der Waals surface area contributed by atoms with Gasteiger partial charge in [-0.3, -0.25) is 14.4 Å². The Labute approximate surface area is 151 Å². The summed E-state index contributed by atoms with van der Waals surface area (Å²) in [7, 11) is 0. The minimum atomic E-state index is -0.893. The van der Waals surface area contributed by atoms with E-state index in [1.807, 2.05) is 13.8 Å². The molecule has 1 N–H and O–H groups in total. The van der Waals surface area contributed by atoms with Crippen molar-refractivity contribution in [3.63, 3.8) is 0 Å². The number of amides is 1. The van der Waals surface area contributed by atoms with Gasteiger partial charge in [0.1, 0.15) is 0 Å². The summed E-state index contributed by atoms with van der Waals surface area (Å²) in [5, 5.41) is 14.6. The number of rotatable bonds is 4. The molecule has 0 radical (unpaired) electrons. The molecule has 3 rings (SSSR count). The van der Waals surface area contributed by atoms with Crippen molar-refractivity contribution in [1.82, 2.24) is 14.7 Å². The number of aliphatic carboxylic acids is 1. The summed E-state index contributed by atoms with van der Waals surface area (Å²) < 4.78 is 1.34. The van der Waals surface area contributed by atoms with Gasteiger partial charge in [-0.2, -0.15) is 5.10 Å². The van der Waals surface area contributed by atoms with E-state index in [9.17, 15) is 19.5 Å².